The smallest absolute Gasteiger partial charge is 0.250 e. The van der Waals surface area contributed by atoms with Gasteiger partial charge in [0.2, 0.25) is 0 Å². The van der Waals surface area contributed by atoms with Gasteiger partial charge in [-0.05, 0) is 12.1 Å². The van der Waals surface area contributed by atoms with Gasteiger partial charge in [0, 0.05) is 5.56 Å². The number of nitrogens with one attached hydrogen (secondary N) is 1. The highest BCUT2D eigenvalue weighted by atomic mass is 16.5. The number of rotatable bonds is 3. The molecule has 1 aromatic carbocycles. The van der Waals surface area contributed by atoms with Crippen LogP contribution in [0.15, 0.2) is 45.9 Å². The maximum Gasteiger partial charge on any atom is 0.250 e. The molecule has 0 unspecified atom stereocenters. The summed E-state index contributed by atoms with van der Waals surface area (Å²) in [4.78, 5) is 0. The van der Waals surface area contributed by atoms with Gasteiger partial charge in [-0.1, -0.05) is 12.1 Å². The van der Waals surface area contributed by atoms with Gasteiger partial charge < -0.3 is 10.5 Å². The molecule has 0 saturated carbocycles. The van der Waals surface area contributed by atoms with Crippen LogP contribution in [0.1, 0.15) is 11.4 Å². The molecule has 22 heavy (non-hydrogen) atoms. The van der Waals surface area contributed by atoms with Gasteiger partial charge in [0.15, 0.2) is 0 Å². The molecule has 0 atom stereocenters. The highest BCUT2D eigenvalue weighted by Crippen LogP contribution is 2.14. The van der Waals surface area contributed by atoms with Crippen LogP contribution < -0.4 is 15.9 Å². The maximum atomic E-state index is 5.71. The first kappa shape index (κ1) is 13.7. The van der Waals surface area contributed by atoms with Crippen molar-refractivity contribution in [2.75, 3.05) is 7.11 Å². The Labute approximate surface area is 126 Å². The van der Waals surface area contributed by atoms with Crippen LogP contribution in [0.25, 0.3) is 0 Å². The highest BCUT2D eigenvalue weighted by Gasteiger charge is 2.14. The Morgan fingerprint density at radius 1 is 1.36 bits per heavy atom. The minimum atomic E-state index is 0.361. The Hall–Kier alpha value is -3.23. The number of hydrazone groups is 1. The van der Waals surface area contributed by atoms with E-state index in [4.69, 9.17) is 10.5 Å². The standard InChI is InChI=1S/C13H14N8O/c1-22-10-5-3-2-4-9(10)7-15-19-13-20-17-11(14)6-12-18-16-8-21(12)13/h2-5,7-8H,6H2,1H3,(H2,14,17)(H,19,20). The lowest BCUT2D eigenvalue weighted by Gasteiger charge is -2.06. The Kier molecular flexibility index (Phi) is 3.77. The molecule has 1 aliphatic rings. The van der Waals surface area contributed by atoms with E-state index in [0.29, 0.717) is 24.0 Å². The van der Waals surface area contributed by atoms with Crippen molar-refractivity contribution in [1.82, 2.24) is 20.2 Å². The van der Waals surface area contributed by atoms with Crippen molar-refractivity contribution in [1.29, 1.82) is 0 Å². The molecule has 9 nitrogen and oxygen atoms in total. The van der Waals surface area contributed by atoms with Crippen molar-refractivity contribution in [2.24, 2.45) is 21.0 Å². The summed E-state index contributed by atoms with van der Waals surface area (Å²) in [5, 5.41) is 19.8. The molecule has 3 rings (SSSR count). The van der Waals surface area contributed by atoms with E-state index in [-0.39, 0.29) is 0 Å². The third-order valence-electron chi connectivity index (χ3n) is 2.97. The molecular weight excluding hydrogens is 284 g/mol. The Balaban J connectivity index is 1.81. The minimum Gasteiger partial charge on any atom is -0.496 e. The first-order valence-corrected chi connectivity index (χ1v) is 6.49. The average Bonchev–Trinajstić information content (AvgIpc) is 2.93. The maximum absolute atomic E-state index is 5.71. The third-order valence-corrected chi connectivity index (χ3v) is 2.97. The number of benzene rings is 1. The highest BCUT2D eigenvalue weighted by molar-refractivity contribution is 5.90. The normalized spacial score (nSPS) is 14.0. The summed E-state index contributed by atoms with van der Waals surface area (Å²) < 4.78 is 6.89. The Morgan fingerprint density at radius 2 is 2.23 bits per heavy atom. The summed E-state index contributed by atoms with van der Waals surface area (Å²) >= 11 is 0. The zero-order valence-corrected chi connectivity index (χ0v) is 11.8. The molecule has 0 spiro atoms. The minimum absolute atomic E-state index is 0.361. The number of ether oxygens (including phenoxy) is 1. The first-order chi connectivity index (χ1) is 10.8. The molecule has 0 fully saturated rings. The van der Waals surface area contributed by atoms with E-state index >= 15 is 0 Å². The van der Waals surface area contributed by atoms with Crippen LogP contribution in [0.2, 0.25) is 0 Å². The topological polar surface area (TPSA) is 115 Å². The van der Waals surface area contributed by atoms with Gasteiger partial charge >= 0.3 is 0 Å². The largest absolute Gasteiger partial charge is 0.496 e. The molecule has 0 radical (unpaired) electrons. The summed E-state index contributed by atoms with van der Waals surface area (Å²) in [6.45, 7) is 0. The van der Waals surface area contributed by atoms with Gasteiger partial charge in [-0.3, -0.25) is 4.57 Å². The first-order valence-electron chi connectivity index (χ1n) is 6.49. The zero-order chi connectivity index (χ0) is 15.4. The number of hydrogen-bond acceptors (Lipinski definition) is 8. The van der Waals surface area contributed by atoms with E-state index in [0.717, 1.165) is 11.3 Å². The Morgan fingerprint density at radius 3 is 3.09 bits per heavy atom. The fourth-order valence-electron chi connectivity index (χ4n) is 1.92. The monoisotopic (exact) mass is 298 g/mol. The number of amidine groups is 1. The fourth-order valence-corrected chi connectivity index (χ4v) is 1.92. The van der Waals surface area contributed by atoms with Gasteiger partial charge in [-0.2, -0.15) is 5.10 Å². The summed E-state index contributed by atoms with van der Waals surface area (Å²) in [5.41, 5.74) is 9.35. The van der Waals surface area contributed by atoms with Crippen LogP contribution >= 0.6 is 0 Å². The summed E-state index contributed by atoms with van der Waals surface area (Å²) in [6.07, 6.45) is 3.53. The van der Waals surface area contributed by atoms with Gasteiger partial charge in [-0.15, -0.1) is 20.4 Å². The number of aromatic nitrogens is 3. The molecule has 9 heteroatoms. The van der Waals surface area contributed by atoms with Gasteiger partial charge in [0.1, 0.15) is 23.7 Å². The zero-order valence-electron chi connectivity index (χ0n) is 11.8. The lowest BCUT2D eigenvalue weighted by molar-refractivity contribution is 0.414. The molecule has 1 aromatic heterocycles. The molecule has 0 saturated heterocycles. The molecule has 3 N–H and O–H groups in total. The van der Waals surface area contributed by atoms with E-state index in [1.165, 1.54) is 6.33 Å². The lowest BCUT2D eigenvalue weighted by Crippen LogP contribution is -2.27. The van der Waals surface area contributed by atoms with Crippen molar-refractivity contribution in [3.05, 3.63) is 42.0 Å². The van der Waals surface area contributed by atoms with E-state index in [2.05, 4.69) is 30.9 Å². The molecule has 112 valence electrons. The molecule has 1 aliphatic heterocycles. The number of para-hydroxylation sites is 1. The predicted octanol–water partition coefficient (Wildman–Crippen LogP) is -0.0572. The molecule has 2 heterocycles. The summed E-state index contributed by atoms with van der Waals surface area (Å²) in [6, 6.07) is 7.53. The second-order valence-electron chi connectivity index (χ2n) is 4.42. The van der Waals surface area contributed by atoms with Crippen LogP contribution in [0, 0.1) is 0 Å². The summed E-state index contributed by atoms with van der Waals surface area (Å²) in [5.74, 6) is 2.09. The van der Waals surface area contributed by atoms with Crippen LogP contribution in [0.5, 0.6) is 5.75 Å². The number of methoxy groups -OCH3 is 1. The van der Waals surface area contributed by atoms with Crippen molar-refractivity contribution in [3.8, 4) is 5.75 Å². The molecule has 0 bridgehead atoms. The van der Waals surface area contributed by atoms with E-state index in [1.54, 1.807) is 17.9 Å². The van der Waals surface area contributed by atoms with Crippen molar-refractivity contribution in [3.63, 3.8) is 0 Å². The van der Waals surface area contributed by atoms with Crippen molar-refractivity contribution >= 4 is 18.0 Å². The SMILES string of the molecule is COc1ccccc1C=NNC1=NN=C(N)Cc2nncn21. The number of nitrogens with two attached hydrogens (primary N) is 1. The number of nitrogens with zero attached hydrogens (tertiary/aromatic N) is 6. The van der Waals surface area contributed by atoms with Crippen molar-refractivity contribution in [2.45, 2.75) is 6.42 Å². The average molecular weight is 298 g/mol. The number of hydrogen-bond donors (Lipinski definition) is 2. The van der Waals surface area contributed by atoms with Gasteiger partial charge in [0.05, 0.1) is 19.7 Å². The van der Waals surface area contributed by atoms with Gasteiger partial charge in [-0.25, -0.2) is 5.43 Å². The van der Waals surface area contributed by atoms with Gasteiger partial charge in [0.25, 0.3) is 5.96 Å². The molecule has 2 aromatic rings. The number of fused-ring (bicyclic) bond motifs is 1. The van der Waals surface area contributed by atoms with E-state index in [1.807, 2.05) is 24.3 Å². The van der Waals surface area contributed by atoms with Crippen LogP contribution in [-0.4, -0.2) is 39.9 Å². The quantitative estimate of drug-likeness (QED) is 0.608. The van der Waals surface area contributed by atoms with Crippen LogP contribution in [-0.2, 0) is 6.42 Å². The molecular formula is C13H14N8O. The fraction of sp³-hybridized carbons (Fsp3) is 0.154. The Bertz CT molecular complexity index is 761. The summed E-state index contributed by atoms with van der Waals surface area (Å²) in [7, 11) is 1.61. The second kappa shape index (κ2) is 6.04. The lowest BCUT2D eigenvalue weighted by atomic mass is 10.2. The molecule has 0 aliphatic carbocycles. The third kappa shape index (κ3) is 2.77. The molecule has 0 amide bonds. The van der Waals surface area contributed by atoms with E-state index in [9.17, 15) is 0 Å². The van der Waals surface area contributed by atoms with E-state index < -0.39 is 0 Å². The second-order valence-corrected chi connectivity index (χ2v) is 4.42. The van der Waals surface area contributed by atoms with Crippen molar-refractivity contribution < 1.29 is 4.74 Å². The van der Waals surface area contributed by atoms with Crippen LogP contribution in [0.3, 0.4) is 0 Å². The van der Waals surface area contributed by atoms with Crippen LogP contribution in [0.4, 0.5) is 0 Å². The predicted molar refractivity (Wildman–Crippen MR) is 81.9 cm³/mol.